The SMILES string of the molecule is CNC(=O)C1CCCCN1C(=O)c1cccc(Cl)c1. The number of piperidine rings is 1. The molecule has 4 nitrogen and oxygen atoms in total. The minimum Gasteiger partial charge on any atom is -0.357 e. The quantitative estimate of drug-likeness (QED) is 0.902. The van der Waals surface area contributed by atoms with Gasteiger partial charge in [0.05, 0.1) is 0 Å². The molecule has 0 bridgehead atoms. The van der Waals surface area contributed by atoms with E-state index in [-0.39, 0.29) is 17.9 Å². The standard InChI is InChI=1S/C14H17ClN2O2/c1-16-13(18)12-7-2-3-8-17(12)14(19)10-5-4-6-11(15)9-10/h4-6,9,12H,2-3,7-8H2,1H3,(H,16,18). The number of carbonyl (C=O) groups excluding carboxylic acids is 2. The third-order valence-corrected chi connectivity index (χ3v) is 3.62. The molecule has 1 saturated heterocycles. The number of benzene rings is 1. The molecule has 1 heterocycles. The van der Waals surface area contributed by atoms with Crippen LogP contribution in [0, 0.1) is 0 Å². The van der Waals surface area contributed by atoms with Crippen LogP contribution >= 0.6 is 11.6 Å². The maximum atomic E-state index is 12.5. The number of likely N-dealkylation sites (tertiary alicyclic amines) is 1. The molecule has 0 spiro atoms. The highest BCUT2D eigenvalue weighted by atomic mass is 35.5. The van der Waals surface area contributed by atoms with Crippen LogP contribution in [0.15, 0.2) is 24.3 Å². The van der Waals surface area contributed by atoms with Gasteiger partial charge in [-0.05, 0) is 37.5 Å². The predicted molar refractivity (Wildman–Crippen MR) is 74.2 cm³/mol. The van der Waals surface area contributed by atoms with Gasteiger partial charge in [0.1, 0.15) is 6.04 Å². The Morgan fingerprint density at radius 3 is 2.84 bits per heavy atom. The van der Waals surface area contributed by atoms with Crippen LogP contribution < -0.4 is 5.32 Å². The van der Waals surface area contributed by atoms with Gasteiger partial charge < -0.3 is 10.2 Å². The summed E-state index contributed by atoms with van der Waals surface area (Å²) in [5, 5.41) is 3.15. The minimum absolute atomic E-state index is 0.102. The summed E-state index contributed by atoms with van der Waals surface area (Å²) in [6.45, 7) is 0.615. The predicted octanol–water partition coefficient (Wildman–Crippen LogP) is 2.08. The van der Waals surface area contributed by atoms with E-state index in [1.165, 1.54) is 0 Å². The Bertz CT molecular complexity index is 490. The molecular weight excluding hydrogens is 264 g/mol. The second kappa shape index (κ2) is 6.06. The number of nitrogens with zero attached hydrogens (tertiary/aromatic N) is 1. The third kappa shape index (κ3) is 3.07. The number of halogens is 1. The zero-order chi connectivity index (χ0) is 13.8. The van der Waals surface area contributed by atoms with Gasteiger partial charge in [0, 0.05) is 24.2 Å². The largest absolute Gasteiger partial charge is 0.357 e. The third-order valence-electron chi connectivity index (χ3n) is 3.38. The lowest BCUT2D eigenvalue weighted by Crippen LogP contribution is -2.51. The molecule has 1 aliphatic heterocycles. The molecule has 1 unspecified atom stereocenters. The Morgan fingerprint density at radius 1 is 1.37 bits per heavy atom. The maximum Gasteiger partial charge on any atom is 0.254 e. The first kappa shape index (κ1) is 13.9. The van der Waals surface area contributed by atoms with Crippen LogP contribution in [-0.2, 0) is 4.79 Å². The molecule has 1 aromatic carbocycles. The summed E-state index contributed by atoms with van der Waals surface area (Å²) in [4.78, 5) is 26.0. The van der Waals surface area contributed by atoms with Gasteiger partial charge in [-0.1, -0.05) is 17.7 Å². The number of nitrogens with one attached hydrogen (secondary N) is 1. The fourth-order valence-electron chi connectivity index (χ4n) is 2.40. The van der Waals surface area contributed by atoms with Gasteiger partial charge >= 0.3 is 0 Å². The lowest BCUT2D eigenvalue weighted by atomic mass is 10.00. The number of rotatable bonds is 2. The molecule has 1 fully saturated rings. The van der Waals surface area contributed by atoms with Crippen LogP contribution in [0.5, 0.6) is 0 Å². The van der Waals surface area contributed by atoms with E-state index in [0.717, 1.165) is 12.8 Å². The van der Waals surface area contributed by atoms with Crippen molar-refractivity contribution in [2.24, 2.45) is 0 Å². The van der Waals surface area contributed by atoms with Crippen LogP contribution in [-0.4, -0.2) is 36.3 Å². The van der Waals surface area contributed by atoms with Crippen molar-refractivity contribution < 1.29 is 9.59 Å². The Balaban J connectivity index is 2.22. The van der Waals surface area contributed by atoms with Gasteiger partial charge in [-0.25, -0.2) is 0 Å². The van der Waals surface area contributed by atoms with Crippen LogP contribution in [0.2, 0.25) is 5.02 Å². The molecule has 1 atom stereocenters. The highest BCUT2D eigenvalue weighted by Crippen LogP contribution is 2.21. The highest BCUT2D eigenvalue weighted by molar-refractivity contribution is 6.31. The topological polar surface area (TPSA) is 49.4 Å². The zero-order valence-electron chi connectivity index (χ0n) is 10.9. The summed E-state index contributed by atoms with van der Waals surface area (Å²) in [7, 11) is 1.60. The lowest BCUT2D eigenvalue weighted by molar-refractivity contribution is -0.126. The summed E-state index contributed by atoms with van der Waals surface area (Å²) in [5.74, 6) is -0.231. The van der Waals surface area contributed by atoms with Gasteiger partial charge in [-0.15, -0.1) is 0 Å². The molecule has 1 N–H and O–H groups in total. The second-order valence-corrected chi connectivity index (χ2v) is 5.07. The first-order valence-corrected chi connectivity index (χ1v) is 6.79. The average Bonchev–Trinajstić information content (AvgIpc) is 2.45. The molecule has 102 valence electrons. The number of carbonyl (C=O) groups is 2. The van der Waals surface area contributed by atoms with Crippen molar-refractivity contribution in [3.63, 3.8) is 0 Å². The molecule has 1 aromatic rings. The van der Waals surface area contributed by atoms with Crippen molar-refractivity contribution in [1.29, 1.82) is 0 Å². The van der Waals surface area contributed by atoms with E-state index in [2.05, 4.69) is 5.32 Å². The summed E-state index contributed by atoms with van der Waals surface area (Å²) >= 11 is 5.90. The fourth-order valence-corrected chi connectivity index (χ4v) is 2.59. The number of amides is 2. The second-order valence-electron chi connectivity index (χ2n) is 4.63. The normalized spacial score (nSPS) is 19.1. The molecule has 19 heavy (non-hydrogen) atoms. The Labute approximate surface area is 117 Å². The first-order valence-electron chi connectivity index (χ1n) is 6.41. The van der Waals surface area contributed by atoms with E-state index in [1.807, 2.05) is 0 Å². The monoisotopic (exact) mass is 280 g/mol. The number of likely N-dealkylation sites (N-methyl/N-ethyl adjacent to an activating group) is 1. The average molecular weight is 281 g/mol. The van der Waals surface area contributed by atoms with Gasteiger partial charge in [-0.2, -0.15) is 0 Å². The molecule has 0 aromatic heterocycles. The summed E-state index contributed by atoms with van der Waals surface area (Å²) in [6.07, 6.45) is 2.61. The van der Waals surface area contributed by atoms with E-state index in [1.54, 1.807) is 36.2 Å². The van der Waals surface area contributed by atoms with Crippen molar-refractivity contribution >= 4 is 23.4 Å². The molecule has 2 rings (SSSR count). The molecular formula is C14H17ClN2O2. The Hall–Kier alpha value is -1.55. The van der Waals surface area contributed by atoms with Crippen LogP contribution in [0.25, 0.3) is 0 Å². The van der Waals surface area contributed by atoms with Crippen molar-refractivity contribution in [1.82, 2.24) is 10.2 Å². The summed E-state index contributed by atoms with van der Waals surface area (Å²) in [6, 6.07) is 6.47. The van der Waals surface area contributed by atoms with Gasteiger partial charge in [0.25, 0.3) is 5.91 Å². The van der Waals surface area contributed by atoms with Crippen molar-refractivity contribution in [2.75, 3.05) is 13.6 Å². The lowest BCUT2D eigenvalue weighted by Gasteiger charge is -2.34. The van der Waals surface area contributed by atoms with Crippen LogP contribution in [0.1, 0.15) is 29.6 Å². The maximum absolute atomic E-state index is 12.5. The minimum atomic E-state index is -0.370. The van der Waals surface area contributed by atoms with Crippen LogP contribution in [0.3, 0.4) is 0 Å². The van der Waals surface area contributed by atoms with Gasteiger partial charge in [0.15, 0.2) is 0 Å². The van der Waals surface area contributed by atoms with E-state index >= 15 is 0 Å². The van der Waals surface area contributed by atoms with Crippen molar-refractivity contribution in [3.05, 3.63) is 34.9 Å². The first-order chi connectivity index (χ1) is 9.13. The van der Waals surface area contributed by atoms with E-state index in [0.29, 0.717) is 23.6 Å². The van der Waals surface area contributed by atoms with E-state index in [9.17, 15) is 9.59 Å². The summed E-state index contributed by atoms with van der Waals surface area (Å²) in [5.41, 5.74) is 0.531. The van der Waals surface area contributed by atoms with Crippen LogP contribution in [0.4, 0.5) is 0 Å². The number of hydrogen-bond acceptors (Lipinski definition) is 2. The summed E-state index contributed by atoms with van der Waals surface area (Å²) < 4.78 is 0. The van der Waals surface area contributed by atoms with E-state index in [4.69, 9.17) is 11.6 Å². The number of hydrogen-bond donors (Lipinski definition) is 1. The molecule has 0 radical (unpaired) electrons. The smallest absolute Gasteiger partial charge is 0.254 e. The molecule has 2 amide bonds. The molecule has 1 aliphatic rings. The fraction of sp³-hybridized carbons (Fsp3) is 0.429. The van der Waals surface area contributed by atoms with Crippen molar-refractivity contribution in [2.45, 2.75) is 25.3 Å². The highest BCUT2D eigenvalue weighted by Gasteiger charge is 2.31. The van der Waals surface area contributed by atoms with Crippen molar-refractivity contribution in [3.8, 4) is 0 Å². The molecule has 5 heteroatoms. The molecule has 0 aliphatic carbocycles. The zero-order valence-corrected chi connectivity index (χ0v) is 11.6. The Kier molecular flexibility index (Phi) is 4.43. The Morgan fingerprint density at radius 2 is 2.16 bits per heavy atom. The van der Waals surface area contributed by atoms with Gasteiger partial charge in [-0.3, -0.25) is 9.59 Å². The van der Waals surface area contributed by atoms with Gasteiger partial charge in [0.2, 0.25) is 5.91 Å². The van der Waals surface area contributed by atoms with E-state index < -0.39 is 0 Å². The molecule has 0 saturated carbocycles.